The molecule has 1 atom stereocenters. The van der Waals surface area contributed by atoms with Crippen molar-refractivity contribution in [2.45, 2.75) is 44.9 Å². The molecular weight excluding hydrogens is 516 g/mol. The first-order valence-electron chi connectivity index (χ1n) is 12.5. The minimum absolute atomic E-state index is 0.0466. The van der Waals surface area contributed by atoms with Crippen LogP contribution in [0.25, 0.3) is 11.3 Å². The van der Waals surface area contributed by atoms with E-state index in [0.29, 0.717) is 10.6 Å². The van der Waals surface area contributed by atoms with E-state index in [1.54, 1.807) is 23.5 Å². The van der Waals surface area contributed by atoms with Gasteiger partial charge in [-0.15, -0.1) is 11.3 Å². The SMILES string of the molecule is CC(C)(C)c1ccc(C(Cc2ccc(C(=O)NCCC(=O)O)cc2)c2nc(-c3ccc(Cl)cc3)cs2)cc1. The molecule has 1 amide bonds. The van der Waals surface area contributed by atoms with Gasteiger partial charge in [-0.2, -0.15) is 0 Å². The van der Waals surface area contributed by atoms with Gasteiger partial charge in [-0.3, -0.25) is 9.59 Å². The van der Waals surface area contributed by atoms with Crippen molar-refractivity contribution in [3.63, 3.8) is 0 Å². The predicted molar refractivity (Wildman–Crippen MR) is 154 cm³/mol. The molecule has 5 nitrogen and oxygen atoms in total. The zero-order valence-electron chi connectivity index (χ0n) is 21.7. The predicted octanol–water partition coefficient (Wildman–Crippen LogP) is 7.34. The second-order valence-corrected chi connectivity index (χ2v) is 11.6. The lowest BCUT2D eigenvalue weighted by atomic mass is 9.84. The minimum atomic E-state index is -0.941. The third-order valence-electron chi connectivity index (χ3n) is 6.42. The number of carboxylic acids is 1. The Morgan fingerprint density at radius 3 is 2.24 bits per heavy atom. The van der Waals surface area contributed by atoms with Crippen molar-refractivity contribution in [3.8, 4) is 11.3 Å². The topological polar surface area (TPSA) is 79.3 Å². The van der Waals surface area contributed by atoms with Crippen LogP contribution in [-0.4, -0.2) is 28.5 Å². The molecule has 196 valence electrons. The Labute approximate surface area is 232 Å². The molecule has 0 aliphatic rings. The summed E-state index contributed by atoms with van der Waals surface area (Å²) < 4.78 is 0. The molecule has 7 heteroatoms. The Balaban J connectivity index is 1.59. The summed E-state index contributed by atoms with van der Waals surface area (Å²) in [7, 11) is 0. The zero-order valence-corrected chi connectivity index (χ0v) is 23.3. The number of hydrogen-bond acceptors (Lipinski definition) is 4. The normalized spacial score (nSPS) is 12.2. The maximum absolute atomic E-state index is 12.4. The summed E-state index contributed by atoms with van der Waals surface area (Å²) in [6, 6.07) is 24.0. The van der Waals surface area contributed by atoms with Crippen molar-refractivity contribution in [2.75, 3.05) is 6.54 Å². The van der Waals surface area contributed by atoms with Gasteiger partial charge in [0.15, 0.2) is 0 Å². The molecule has 2 N–H and O–H groups in total. The lowest BCUT2D eigenvalue weighted by Crippen LogP contribution is -2.25. The number of rotatable bonds is 9. The first kappa shape index (κ1) is 27.6. The minimum Gasteiger partial charge on any atom is -0.481 e. The number of aromatic nitrogens is 1. The highest BCUT2D eigenvalue weighted by Crippen LogP contribution is 2.35. The molecular formula is C31H31ClN2O3S. The molecule has 4 rings (SSSR count). The van der Waals surface area contributed by atoms with Gasteiger partial charge in [0, 0.05) is 34.0 Å². The number of hydrogen-bond donors (Lipinski definition) is 2. The van der Waals surface area contributed by atoms with Crippen LogP contribution in [0.2, 0.25) is 5.02 Å². The van der Waals surface area contributed by atoms with E-state index < -0.39 is 5.97 Å². The molecule has 38 heavy (non-hydrogen) atoms. The van der Waals surface area contributed by atoms with Crippen LogP contribution in [0.15, 0.2) is 78.2 Å². The van der Waals surface area contributed by atoms with Crippen LogP contribution >= 0.6 is 22.9 Å². The van der Waals surface area contributed by atoms with Crippen LogP contribution in [0.5, 0.6) is 0 Å². The second-order valence-electron chi connectivity index (χ2n) is 10.3. The number of amides is 1. The highest BCUT2D eigenvalue weighted by Gasteiger charge is 2.21. The first-order valence-corrected chi connectivity index (χ1v) is 13.8. The maximum atomic E-state index is 12.4. The molecule has 0 saturated carbocycles. The van der Waals surface area contributed by atoms with Gasteiger partial charge >= 0.3 is 5.97 Å². The summed E-state index contributed by atoms with van der Waals surface area (Å²) >= 11 is 7.72. The maximum Gasteiger partial charge on any atom is 0.305 e. The first-order chi connectivity index (χ1) is 18.1. The molecule has 0 saturated heterocycles. The molecule has 4 aromatic rings. The Morgan fingerprint density at radius 2 is 1.63 bits per heavy atom. The molecule has 0 fully saturated rings. The summed E-state index contributed by atoms with van der Waals surface area (Å²) in [6.07, 6.45) is 0.620. The average molecular weight is 547 g/mol. The fraction of sp³-hybridized carbons (Fsp3) is 0.258. The standard InChI is InChI=1S/C31H31ClN2O3S/c1-31(2,3)24-12-8-21(9-13-24)26(30-34-27(19-38-30)22-10-14-25(32)15-11-22)18-20-4-6-23(7-5-20)29(37)33-17-16-28(35)36/h4-15,19,26H,16-18H2,1-3H3,(H,33,37)(H,35,36). The summed E-state index contributed by atoms with van der Waals surface area (Å²) in [6.45, 7) is 6.72. The van der Waals surface area contributed by atoms with E-state index in [0.717, 1.165) is 28.2 Å². The van der Waals surface area contributed by atoms with Crippen molar-refractivity contribution >= 4 is 34.8 Å². The van der Waals surface area contributed by atoms with E-state index in [1.165, 1.54) is 11.1 Å². The second kappa shape index (κ2) is 11.9. The van der Waals surface area contributed by atoms with E-state index in [-0.39, 0.29) is 30.2 Å². The highest BCUT2D eigenvalue weighted by atomic mass is 35.5. The van der Waals surface area contributed by atoms with Gasteiger partial charge in [0.25, 0.3) is 5.91 Å². The van der Waals surface area contributed by atoms with Gasteiger partial charge in [-0.25, -0.2) is 4.98 Å². The average Bonchev–Trinajstić information content (AvgIpc) is 3.37. The summed E-state index contributed by atoms with van der Waals surface area (Å²) in [5.74, 6) is -1.17. The largest absolute Gasteiger partial charge is 0.481 e. The van der Waals surface area contributed by atoms with Gasteiger partial charge in [0.1, 0.15) is 5.01 Å². The Bertz CT molecular complexity index is 1390. The van der Waals surface area contributed by atoms with Crippen LogP contribution in [0.4, 0.5) is 0 Å². The van der Waals surface area contributed by atoms with Crippen molar-refractivity contribution in [2.24, 2.45) is 0 Å². The van der Waals surface area contributed by atoms with Crippen molar-refractivity contribution < 1.29 is 14.7 Å². The van der Waals surface area contributed by atoms with Gasteiger partial charge in [-0.05, 0) is 52.8 Å². The van der Waals surface area contributed by atoms with Crippen molar-refractivity contribution in [1.29, 1.82) is 0 Å². The molecule has 1 heterocycles. The smallest absolute Gasteiger partial charge is 0.305 e. The highest BCUT2D eigenvalue weighted by molar-refractivity contribution is 7.10. The van der Waals surface area contributed by atoms with E-state index in [9.17, 15) is 9.59 Å². The lowest BCUT2D eigenvalue weighted by Gasteiger charge is -2.21. The molecule has 0 bridgehead atoms. The van der Waals surface area contributed by atoms with Crippen LogP contribution in [0.1, 0.15) is 65.2 Å². The number of carbonyl (C=O) groups excluding carboxylic acids is 1. The molecule has 0 radical (unpaired) electrons. The number of carboxylic acid groups (broad SMARTS) is 1. The number of thiazole rings is 1. The van der Waals surface area contributed by atoms with Gasteiger partial charge in [0.2, 0.25) is 0 Å². The summed E-state index contributed by atoms with van der Waals surface area (Å²) in [4.78, 5) is 28.1. The van der Waals surface area contributed by atoms with Crippen molar-refractivity contribution in [3.05, 3.63) is 110 Å². The fourth-order valence-corrected chi connectivity index (χ4v) is 5.26. The third kappa shape index (κ3) is 7.09. The quantitative estimate of drug-likeness (QED) is 0.230. The third-order valence-corrected chi connectivity index (χ3v) is 7.63. The van der Waals surface area contributed by atoms with Crippen LogP contribution < -0.4 is 5.32 Å². The molecule has 1 unspecified atom stereocenters. The number of carbonyl (C=O) groups is 2. The number of aliphatic carboxylic acids is 1. The summed E-state index contributed by atoms with van der Waals surface area (Å²) in [5.41, 5.74) is 6.07. The molecule has 3 aromatic carbocycles. The molecule has 0 aliphatic carbocycles. The lowest BCUT2D eigenvalue weighted by molar-refractivity contribution is -0.136. The zero-order chi connectivity index (χ0) is 27.3. The van der Waals surface area contributed by atoms with Gasteiger partial charge < -0.3 is 10.4 Å². The Hall–Kier alpha value is -3.48. The number of benzene rings is 3. The summed E-state index contributed by atoms with van der Waals surface area (Å²) in [5, 5.41) is 15.2. The fourth-order valence-electron chi connectivity index (χ4n) is 4.18. The van der Waals surface area contributed by atoms with Crippen LogP contribution in [0.3, 0.4) is 0 Å². The number of nitrogens with one attached hydrogen (secondary N) is 1. The van der Waals surface area contributed by atoms with Crippen LogP contribution in [-0.2, 0) is 16.6 Å². The van der Waals surface area contributed by atoms with E-state index in [2.05, 4.69) is 55.7 Å². The molecule has 0 spiro atoms. The van der Waals surface area contributed by atoms with E-state index in [1.807, 2.05) is 36.4 Å². The monoisotopic (exact) mass is 546 g/mol. The number of nitrogens with zero attached hydrogens (tertiary/aromatic N) is 1. The van der Waals surface area contributed by atoms with E-state index >= 15 is 0 Å². The van der Waals surface area contributed by atoms with Crippen LogP contribution in [0, 0.1) is 0 Å². The molecule has 1 aromatic heterocycles. The number of halogens is 1. The molecule has 0 aliphatic heterocycles. The van der Waals surface area contributed by atoms with Gasteiger partial charge in [0.05, 0.1) is 12.1 Å². The Kier molecular flexibility index (Phi) is 8.65. The van der Waals surface area contributed by atoms with E-state index in [4.69, 9.17) is 21.7 Å². The Morgan fingerprint density at radius 1 is 0.974 bits per heavy atom. The van der Waals surface area contributed by atoms with Crippen molar-refractivity contribution in [1.82, 2.24) is 10.3 Å². The van der Waals surface area contributed by atoms with Gasteiger partial charge in [-0.1, -0.05) is 80.9 Å².